The summed E-state index contributed by atoms with van der Waals surface area (Å²) in [5, 5.41) is 10.0. The molecule has 3 nitrogen and oxygen atoms in total. The number of aliphatic hydroxyl groups is 1. The molecule has 0 aromatic rings. The van der Waals surface area contributed by atoms with Crippen LogP contribution < -0.4 is 0 Å². The van der Waals surface area contributed by atoms with Crippen molar-refractivity contribution >= 4 is 12.1 Å². The fourth-order valence-electron chi connectivity index (χ4n) is 3.58. The maximum absolute atomic E-state index is 12.8. The number of hydrogen-bond donors (Lipinski definition) is 1. The van der Waals surface area contributed by atoms with Gasteiger partial charge in [-0.1, -0.05) is 92.2 Å². The van der Waals surface area contributed by atoms with Crippen LogP contribution in [-0.4, -0.2) is 23.3 Å². The Morgan fingerprint density at radius 1 is 0.767 bits per heavy atom. The molecule has 0 aromatic heterocycles. The molecule has 1 aliphatic carbocycles. The number of carbonyl (C=O) groups is 2. The molecule has 0 spiro atoms. The van der Waals surface area contributed by atoms with Crippen molar-refractivity contribution in [2.75, 3.05) is 0 Å². The van der Waals surface area contributed by atoms with Gasteiger partial charge in [-0.15, -0.1) is 0 Å². The van der Waals surface area contributed by atoms with Gasteiger partial charge in [0.2, 0.25) is 0 Å². The summed E-state index contributed by atoms with van der Waals surface area (Å²) in [5.74, 6) is 0.0772. The van der Waals surface area contributed by atoms with Crippen LogP contribution in [-0.2, 0) is 9.59 Å². The Bertz CT molecular complexity index is 828. The van der Waals surface area contributed by atoms with Crippen LogP contribution in [0.25, 0.3) is 0 Å². The average molecular weight is 409 g/mol. The average Bonchev–Trinajstić information content (AvgIpc) is 2.88. The van der Waals surface area contributed by atoms with E-state index in [1.165, 1.54) is 6.08 Å². The first-order valence-corrected chi connectivity index (χ1v) is 10.4. The Morgan fingerprint density at radius 2 is 1.27 bits per heavy atom. The first kappa shape index (κ1) is 25.5. The second-order valence-corrected chi connectivity index (χ2v) is 8.95. The second-order valence-electron chi connectivity index (χ2n) is 8.95. The van der Waals surface area contributed by atoms with Gasteiger partial charge in [0, 0.05) is 5.41 Å². The molecule has 1 saturated carbocycles. The largest absolute Gasteiger partial charge is 0.393 e. The van der Waals surface area contributed by atoms with E-state index in [0.29, 0.717) is 12.8 Å². The Hall–Kier alpha value is -2.52. The summed E-state index contributed by atoms with van der Waals surface area (Å²) < 4.78 is 0. The summed E-state index contributed by atoms with van der Waals surface area (Å²) in [5.41, 5.74) is 2.35. The molecule has 1 fully saturated rings. The standard InChI is InChI=1S/C27H36O3/c1-21(11-7-8-12-22(2)15-10-18-28)13-9-14-23(3)16-17-25(30)27(6)20-24(29)19-26(27,4)5/h7-18,24,29H,19-20H2,1-6H3/b8-7+,13-9+,15-10+,17-16+,21-11+,22-12+,23-14+/t24-,27-/m0/s1. The normalized spacial score (nSPS) is 26.0. The first-order chi connectivity index (χ1) is 14.0. The highest BCUT2D eigenvalue weighted by Gasteiger charge is 2.52. The van der Waals surface area contributed by atoms with Crippen LogP contribution in [0.1, 0.15) is 54.4 Å². The van der Waals surface area contributed by atoms with Gasteiger partial charge in [0.1, 0.15) is 6.29 Å². The second kappa shape index (κ2) is 11.6. The lowest BCUT2D eigenvalue weighted by Crippen LogP contribution is -2.36. The van der Waals surface area contributed by atoms with Crippen molar-refractivity contribution in [1.29, 1.82) is 0 Å². The molecule has 0 bridgehead atoms. The van der Waals surface area contributed by atoms with Gasteiger partial charge < -0.3 is 5.11 Å². The van der Waals surface area contributed by atoms with Crippen molar-refractivity contribution in [3.05, 3.63) is 83.6 Å². The summed E-state index contributed by atoms with van der Waals surface area (Å²) in [6.45, 7) is 12.0. The number of hydrogen-bond acceptors (Lipinski definition) is 3. The van der Waals surface area contributed by atoms with Gasteiger partial charge in [-0.05, 0) is 51.2 Å². The molecule has 0 aromatic carbocycles. The summed E-state index contributed by atoms with van der Waals surface area (Å²) in [6, 6.07) is 0. The van der Waals surface area contributed by atoms with Crippen molar-refractivity contribution in [2.45, 2.75) is 60.5 Å². The minimum absolute atomic E-state index is 0.0772. The fraction of sp³-hybridized carbons (Fsp3) is 0.407. The molecule has 30 heavy (non-hydrogen) atoms. The predicted octanol–water partition coefficient (Wildman–Crippen LogP) is 6.01. The molecule has 0 heterocycles. The number of ketones is 1. The zero-order chi connectivity index (χ0) is 22.8. The molecule has 2 atom stereocenters. The van der Waals surface area contributed by atoms with Crippen LogP contribution in [0.15, 0.2) is 83.6 Å². The van der Waals surface area contributed by atoms with E-state index in [4.69, 9.17) is 0 Å². The van der Waals surface area contributed by atoms with Crippen molar-refractivity contribution in [2.24, 2.45) is 10.8 Å². The molecule has 0 radical (unpaired) electrons. The van der Waals surface area contributed by atoms with Crippen LogP contribution in [0.2, 0.25) is 0 Å². The molecule has 3 heteroatoms. The van der Waals surface area contributed by atoms with E-state index in [0.717, 1.165) is 23.0 Å². The number of rotatable bonds is 9. The molecule has 0 unspecified atom stereocenters. The third kappa shape index (κ3) is 7.72. The molecule has 0 amide bonds. The number of carbonyl (C=O) groups excluding carboxylic acids is 2. The van der Waals surface area contributed by atoms with Gasteiger partial charge >= 0.3 is 0 Å². The van der Waals surface area contributed by atoms with Crippen molar-refractivity contribution in [3.8, 4) is 0 Å². The van der Waals surface area contributed by atoms with E-state index in [1.54, 1.807) is 12.2 Å². The number of aliphatic hydroxyl groups excluding tert-OH is 1. The maximum atomic E-state index is 12.8. The Labute approximate surface area is 182 Å². The monoisotopic (exact) mass is 408 g/mol. The molecule has 1 N–H and O–H groups in total. The third-order valence-electron chi connectivity index (χ3n) is 5.91. The van der Waals surface area contributed by atoms with E-state index in [9.17, 15) is 14.7 Å². The zero-order valence-corrected chi connectivity index (χ0v) is 19.2. The molecular formula is C27H36O3. The van der Waals surface area contributed by atoms with Crippen LogP contribution in [0.4, 0.5) is 0 Å². The van der Waals surface area contributed by atoms with Crippen LogP contribution >= 0.6 is 0 Å². The quantitative estimate of drug-likeness (QED) is 0.289. The molecule has 1 aliphatic rings. The SMILES string of the molecule is CC(/C=C/C=O)=C\C=C\C=C(C)\C=C\C=C(C)\C=C\C(=O)[C@]1(C)C[C@@H](O)CC1(C)C. The Morgan fingerprint density at radius 3 is 1.77 bits per heavy atom. The first-order valence-electron chi connectivity index (χ1n) is 10.4. The summed E-state index contributed by atoms with van der Waals surface area (Å²) in [4.78, 5) is 23.1. The van der Waals surface area contributed by atoms with E-state index in [1.807, 2.05) is 76.3 Å². The lowest BCUT2D eigenvalue weighted by Gasteiger charge is -2.35. The highest BCUT2D eigenvalue weighted by atomic mass is 16.3. The van der Waals surface area contributed by atoms with Crippen molar-refractivity contribution in [1.82, 2.24) is 0 Å². The topological polar surface area (TPSA) is 54.4 Å². The van der Waals surface area contributed by atoms with Gasteiger partial charge in [-0.25, -0.2) is 0 Å². The smallest absolute Gasteiger partial charge is 0.162 e. The summed E-state index contributed by atoms with van der Waals surface area (Å²) in [7, 11) is 0. The Balaban J connectivity index is 2.68. The fourth-order valence-corrected chi connectivity index (χ4v) is 3.58. The van der Waals surface area contributed by atoms with Crippen LogP contribution in [0, 0.1) is 10.8 Å². The number of aldehydes is 1. The van der Waals surface area contributed by atoms with E-state index in [2.05, 4.69) is 13.8 Å². The minimum Gasteiger partial charge on any atom is -0.393 e. The van der Waals surface area contributed by atoms with Gasteiger partial charge in [0.05, 0.1) is 6.10 Å². The van der Waals surface area contributed by atoms with Gasteiger partial charge in [0.25, 0.3) is 0 Å². The van der Waals surface area contributed by atoms with Crippen LogP contribution in [0.5, 0.6) is 0 Å². The Kier molecular flexibility index (Phi) is 9.88. The van der Waals surface area contributed by atoms with E-state index >= 15 is 0 Å². The lowest BCUT2D eigenvalue weighted by atomic mass is 9.66. The molecular weight excluding hydrogens is 372 g/mol. The van der Waals surface area contributed by atoms with E-state index < -0.39 is 11.5 Å². The zero-order valence-electron chi connectivity index (χ0n) is 19.2. The molecule has 0 saturated heterocycles. The molecule has 1 rings (SSSR count). The molecule has 0 aliphatic heterocycles. The number of allylic oxidation sites excluding steroid dienone is 14. The van der Waals surface area contributed by atoms with Gasteiger partial charge in [-0.3, -0.25) is 9.59 Å². The summed E-state index contributed by atoms with van der Waals surface area (Å²) in [6.07, 6.45) is 22.0. The van der Waals surface area contributed by atoms with Gasteiger partial charge in [0.15, 0.2) is 5.78 Å². The van der Waals surface area contributed by atoms with Crippen molar-refractivity contribution in [3.63, 3.8) is 0 Å². The van der Waals surface area contributed by atoms with Crippen LogP contribution in [0.3, 0.4) is 0 Å². The van der Waals surface area contributed by atoms with Crippen molar-refractivity contribution < 1.29 is 14.7 Å². The maximum Gasteiger partial charge on any atom is 0.162 e. The lowest BCUT2D eigenvalue weighted by molar-refractivity contribution is -0.127. The molecule has 162 valence electrons. The summed E-state index contributed by atoms with van der Waals surface area (Å²) >= 11 is 0. The highest BCUT2D eigenvalue weighted by molar-refractivity contribution is 5.95. The minimum atomic E-state index is -0.527. The van der Waals surface area contributed by atoms with E-state index in [-0.39, 0.29) is 11.2 Å². The predicted molar refractivity (Wildman–Crippen MR) is 126 cm³/mol. The van der Waals surface area contributed by atoms with Gasteiger partial charge in [-0.2, -0.15) is 0 Å². The third-order valence-corrected chi connectivity index (χ3v) is 5.91. The highest BCUT2D eigenvalue weighted by Crippen LogP contribution is 2.53.